The topological polar surface area (TPSA) is 29.9 Å². The van der Waals surface area contributed by atoms with Gasteiger partial charge in [-0.2, -0.15) is 16.9 Å². The Bertz CT molecular complexity index is 372. The van der Waals surface area contributed by atoms with Crippen LogP contribution in [0.25, 0.3) is 0 Å². The predicted molar refractivity (Wildman–Crippen MR) is 74.8 cm³/mol. The number of thioether (sulfide) groups is 1. The van der Waals surface area contributed by atoms with E-state index in [-0.39, 0.29) is 0 Å². The van der Waals surface area contributed by atoms with Gasteiger partial charge in [-0.05, 0) is 32.4 Å². The van der Waals surface area contributed by atoms with Crippen LogP contribution in [0.4, 0.5) is 0 Å². The number of aromatic nitrogens is 2. The molecule has 1 fully saturated rings. The molecule has 5 heteroatoms. The largest absolute Gasteiger partial charge is 0.310 e. The lowest BCUT2D eigenvalue weighted by Gasteiger charge is -2.11. The molecular weight excluding hydrogens is 254 g/mol. The third-order valence-electron chi connectivity index (χ3n) is 3.14. The zero-order valence-corrected chi connectivity index (χ0v) is 12.1. The van der Waals surface area contributed by atoms with E-state index in [1.54, 1.807) is 0 Å². The van der Waals surface area contributed by atoms with Crippen LogP contribution in [0.15, 0.2) is 0 Å². The minimum absolute atomic E-state index is 0.785. The fraction of sp³-hybridized carbons (Fsp3) is 0.750. The monoisotopic (exact) mass is 273 g/mol. The molecule has 2 heterocycles. The number of hydrogen-bond donors (Lipinski definition) is 1. The summed E-state index contributed by atoms with van der Waals surface area (Å²) in [6.07, 6.45) is 2.71. The highest BCUT2D eigenvalue weighted by atomic mass is 35.5. The van der Waals surface area contributed by atoms with Gasteiger partial charge in [0.15, 0.2) is 0 Å². The van der Waals surface area contributed by atoms with Gasteiger partial charge in [-0.3, -0.25) is 4.68 Å². The molecule has 3 nitrogen and oxygen atoms in total. The summed E-state index contributed by atoms with van der Waals surface area (Å²) in [7, 11) is 0. The van der Waals surface area contributed by atoms with Crippen LogP contribution >= 0.6 is 23.4 Å². The van der Waals surface area contributed by atoms with Crippen molar-refractivity contribution in [3.8, 4) is 0 Å². The molecule has 0 bridgehead atoms. The van der Waals surface area contributed by atoms with Crippen molar-refractivity contribution in [2.24, 2.45) is 0 Å². The van der Waals surface area contributed by atoms with Crippen LogP contribution < -0.4 is 5.32 Å². The summed E-state index contributed by atoms with van der Waals surface area (Å²) in [4.78, 5) is 0. The summed E-state index contributed by atoms with van der Waals surface area (Å²) >= 11 is 8.34. The van der Waals surface area contributed by atoms with E-state index in [9.17, 15) is 0 Å². The quantitative estimate of drug-likeness (QED) is 0.895. The highest BCUT2D eigenvalue weighted by molar-refractivity contribution is 8.00. The smallest absolute Gasteiger partial charge is 0.0860 e. The number of hydrogen-bond acceptors (Lipinski definition) is 3. The third-order valence-corrected chi connectivity index (χ3v) is 5.03. The SMILES string of the molecule is CCn1nc(C)c(Cl)c1CNCC1CCCS1. The third kappa shape index (κ3) is 3.18. The van der Waals surface area contributed by atoms with Crippen molar-refractivity contribution in [1.82, 2.24) is 15.1 Å². The first-order valence-corrected chi connectivity index (χ1v) is 7.69. The van der Waals surface area contributed by atoms with Crippen molar-refractivity contribution in [3.05, 3.63) is 16.4 Å². The molecule has 1 unspecified atom stereocenters. The van der Waals surface area contributed by atoms with Crippen molar-refractivity contribution in [1.29, 1.82) is 0 Å². The minimum Gasteiger partial charge on any atom is -0.310 e. The molecule has 1 atom stereocenters. The number of rotatable bonds is 5. The minimum atomic E-state index is 0.785. The maximum atomic E-state index is 6.26. The van der Waals surface area contributed by atoms with Gasteiger partial charge >= 0.3 is 0 Å². The molecule has 17 heavy (non-hydrogen) atoms. The Labute approximate surface area is 112 Å². The second-order valence-electron chi connectivity index (χ2n) is 4.43. The molecule has 1 N–H and O–H groups in total. The summed E-state index contributed by atoms with van der Waals surface area (Å²) in [5, 5.41) is 9.53. The molecule has 1 aromatic rings. The lowest BCUT2D eigenvalue weighted by atomic mass is 10.2. The Morgan fingerprint density at radius 1 is 1.59 bits per heavy atom. The van der Waals surface area contributed by atoms with Gasteiger partial charge in [0.25, 0.3) is 0 Å². The second-order valence-corrected chi connectivity index (χ2v) is 6.21. The first kappa shape index (κ1) is 13.2. The lowest BCUT2D eigenvalue weighted by Crippen LogP contribution is -2.24. The van der Waals surface area contributed by atoms with Crippen molar-refractivity contribution in [3.63, 3.8) is 0 Å². The molecule has 1 aliphatic heterocycles. The van der Waals surface area contributed by atoms with Crippen molar-refractivity contribution < 1.29 is 0 Å². The van der Waals surface area contributed by atoms with Crippen LogP contribution in [0.1, 0.15) is 31.2 Å². The molecule has 0 spiro atoms. The average Bonchev–Trinajstić information content (AvgIpc) is 2.92. The number of nitrogens with zero attached hydrogens (tertiary/aromatic N) is 2. The summed E-state index contributed by atoms with van der Waals surface area (Å²) in [5.74, 6) is 1.32. The molecule has 2 rings (SSSR count). The zero-order valence-electron chi connectivity index (χ0n) is 10.5. The number of halogens is 1. The van der Waals surface area contributed by atoms with Gasteiger partial charge < -0.3 is 5.32 Å². The first-order valence-electron chi connectivity index (χ1n) is 6.26. The Hall–Kier alpha value is -0.190. The maximum Gasteiger partial charge on any atom is 0.0860 e. The molecule has 1 aliphatic rings. The normalized spacial score (nSPS) is 20.1. The van der Waals surface area contributed by atoms with Gasteiger partial charge in [-0.15, -0.1) is 0 Å². The molecule has 0 radical (unpaired) electrons. The maximum absolute atomic E-state index is 6.26. The zero-order chi connectivity index (χ0) is 12.3. The van der Waals surface area contributed by atoms with Gasteiger partial charge in [0.2, 0.25) is 0 Å². The Morgan fingerprint density at radius 3 is 3.06 bits per heavy atom. The van der Waals surface area contributed by atoms with E-state index in [2.05, 4.69) is 29.1 Å². The van der Waals surface area contributed by atoms with E-state index < -0.39 is 0 Å². The fourth-order valence-corrected chi connectivity index (χ4v) is 3.63. The number of nitrogens with one attached hydrogen (secondary N) is 1. The summed E-state index contributed by atoms with van der Waals surface area (Å²) in [5.41, 5.74) is 2.05. The van der Waals surface area contributed by atoms with Gasteiger partial charge in [0, 0.05) is 24.9 Å². The highest BCUT2D eigenvalue weighted by Gasteiger charge is 2.16. The molecule has 0 amide bonds. The van der Waals surface area contributed by atoms with Gasteiger partial charge in [-0.25, -0.2) is 0 Å². The fourth-order valence-electron chi connectivity index (χ4n) is 2.19. The highest BCUT2D eigenvalue weighted by Crippen LogP contribution is 2.25. The van der Waals surface area contributed by atoms with Crippen LogP contribution in [0.3, 0.4) is 0 Å². The second kappa shape index (κ2) is 6.12. The molecule has 96 valence electrons. The van der Waals surface area contributed by atoms with E-state index >= 15 is 0 Å². The molecule has 0 aliphatic carbocycles. The van der Waals surface area contributed by atoms with Crippen LogP contribution in [0.2, 0.25) is 5.02 Å². The van der Waals surface area contributed by atoms with Gasteiger partial charge in [0.1, 0.15) is 0 Å². The average molecular weight is 274 g/mol. The van der Waals surface area contributed by atoms with E-state index in [4.69, 9.17) is 11.6 Å². The molecule has 1 aromatic heterocycles. The van der Waals surface area contributed by atoms with Crippen molar-refractivity contribution in [2.45, 2.75) is 45.0 Å². The predicted octanol–water partition coefficient (Wildman–Crippen LogP) is 2.85. The van der Waals surface area contributed by atoms with Gasteiger partial charge in [0.05, 0.1) is 16.4 Å². The summed E-state index contributed by atoms with van der Waals surface area (Å²) in [6, 6.07) is 0. The number of aryl methyl sites for hydroxylation is 2. The Balaban J connectivity index is 1.89. The van der Waals surface area contributed by atoms with E-state index in [0.29, 0.717) is 0 Å². The van der Waals surface area contributed by atoms with Crippen LogP contribution in [0, 0.1) is 6.92 Å². The van der Waals surface area contributed by atoms with E-state index in [1.807, 2.05) is 11.6 Å². The molecule has 0 aromatic carbocycles. The van der Waals surface area contributed by atoms with E-state index in [1.165, 1.54) is 18.6 Å². The van der Waals surface area contributed by atoms with Gasteiger partial charge in [-0.1, -0.05) is 11.6 Å². The molecular formula is C12H20ClN3S. The molecule has 0 saturated carbocycles. The van der Waals surface area contributed by atoms with E-state index in [0.717, 1.165) is 41.3 Å². The van der Waals surface area contributed by atoms with Crippen LogP contribution in [0.5, 0.6) is 0 Å². The Kier molecular flexibility index (Phi) is 4.77. The van der Waals surface area contributed by atoms with Crippen molar-refractivity contribution >= 4 is 23.4 Å². The Morgan fingerprint density at radius 2 is 2.41 bits per heavy atom. The molecule has 1 saturated heterocycles. The summed E-state index contributed by atoms with van der Waals surface area (Å²) < 4.78 is 1.99. The van der Waals surface area contributed by atoms with Crippen LogP contribution in [-0.4, -0.2) is 27.3 Å². The van der Waals surface area contributed by atoms with Crippen molar-refractivity contribution in [2.75, 3.05) is 12.3 Å². The van der Waals surface area contributed by atoms with Crippen LogP contribution in [-0.2, 0) is 13.1 Å². The first-order chi connectivity index (χ1) is 8.22. The standard InChI is InChI=1S/C12H20ClN3S/c1-3-16-11(12(13)9(2)15-16)8-14-7-10-5-4-6-17-10/h10,14H,3-8H2,1-2H3. The lowest BCUT2D eigenvalue weighted by molar-refractivity contribution is 0.572. The summed E-state index contributed by atoms with van der Waals surface area (Å²) in [6.45, 7) is 6.84.